The molecule has 1 aliphatic rings. The molecule has 3 rings (SSSR count). The first kappa shape index (κ1) is 24.3. The van der Waals surface area contributed by atoms with Crippen molar-refractivity contribution in [3.8, 4) is 5.75 Å². The molecular weight excluding hydrogens is 525 g/mol. The quantitative estimate of drug-likeness (QED) is 0.314. The summed E-state index contributed by atoms with van der Waals surface area (Å²) in [5.74, 6) is 0.711. The largest absolute Gasteiger partial charge is 0.434 e. The van der Waals surface area contributed by atoms with E-state index >= 15 is 0 Å². The Balaban J connectivity index is 0.00000320. The number of fused-ring (bicyclic) bond motifs is 1. The Labute approximate surface area is 195 Å². The molecule has 2 heterocycles. The van der Waals surface area contributed by atoms with Crippen LogP contribution in [0.5, 0.6) is 5.75 Å². The number of alkyl halides is 2. The molecule has 1 aromatic heterocycles. The first-order valence-electron chi connectivity index (χ1n) is 9.37. The minimum absolute atomic E-state index is 0. The lowest BCUT2D eigenvalue weighted by Crippen LogP contribution is -2.40. The zero-order valence-corrected chi connectivity index (χ0v) is 19.7. The van der Waals surface area contributed by atoms with Crippen molar-refractivity contribution in [3.05, 3.63) is 51.7 Å². The van der Waals surface area contributed by atoms with E-state index in [9.17, 15) is 13.6 Å². The van der Waals surface area contributed by atoms with Crippen LogP contribution in [0, 0.1) is 0 Å². The van der Waals surface area contributed by atoms with E-state index in [4.69, 9.17) is 0 Å². The molecule has 0 spiro atoms. The number of aliphatic imine (C=N–C) groups is 1. The van der Waals surface area contributed by atoms with Crippen LogP contribution >= 0.6 is 35.3 Å². The first-order valence-corrected chi connectivity index (χ1v) is 10.2. The standard InChI is InChI=1S/C20H24F2N4O2S.HI/c1-23-20(25-12-14-4-2-3-5-16(14)28-19(21)22)24-9-6-18(27)26-10-7-17-15(13-26)8-11-29-17;/h2-5,8,11,19H,6-7,9-10,12-13H2,1H3,(H2,23,24,25);1H. The summed E-state index contributed by atoms with van der Waals surface area (Å²) in [6, 6.07) is 8.67. The highest BCUT2D eigenvalue weighted by Crippen LogP contribution is 2.24. The molecule has 6 nitrogen and oxygen atoms in total. The second kappa shape index (κ2) is 12.0. The molecule has 1 aliphatic heterocycles. The summed E-state index contributed by atoms with van der Waals surface area (Å²) in [7, 11) is 1.61. The van der Waals surface area contributed by atoms with Crippen LogP contribution in [0.2, 0.25) is 0 Å². The SMILES string of the molecule is CN=C(NCCC(=O)N1CCc2sccc2C1)NCc1ccccc1OC(F)F.I. The molecule has 0 fully saturated rings. The van der Waals surface area contributed by atoms with Crippen LogP contribution in [0.3, 0.4) is 0 Å². The molecule has 0 saturated heterocycles. The summed E-state index contributed by atoms with van der Waals surface area (Å²) in [6.45, 7) is -0.754. The molecule has 30 heavy (non-hydrogen) atoms. The Morgan fingerprint density at radius 1 is 1.30 bits per heavy atom. The van der Waals surface area contributed by atoms with Crippen molar-refractivity contribution < 1.29 is 18.3 Å². The number of ether oxygens (including phenoxy) is 1. The van der Waals surface area contributed by atoms with Gasteiger partial charge in [-0.1, -0.05) is 18.2 Å². The van der Waals surface area contributed by atoms with E-state index in [2.05, 4.69) is 31.8 Å². The lowest BCUT2D eigenvalue weighted by Gasteiger charge is -2.27. The van der Waals surface area contributed by atoms with Gasteiger partial charge in [-0.3, -0.25) is 9.79 Å². The maximum Gasteiger partial charge on any atom is 0.387 e. The summed E-state index contributed by atoms with van der Waals surface area (Å²) in [5, 5.41) is 8.21. The Bertz CT molecular complexity index is 863. The molecule has 1 amide bonds. The third-order valence-electron chi connectivity index (χ3n) is 4.65. The zero-order valence-electron chi connectivity index (χ0n) is 16.6. The van der Waals surface area contributed by atoms with Crippen molar-refractivity contribution in [2.24, 2.45) is 4.99 Å². The molecule has 0 unspecified atom stereocenters. The Kier molecular flexibility index (Phi) is 9.76. The van der Waals surface area contributed by atoms with Gasteiger partial charge in [0, 0.05) is 50.1 Å². The fourth-order valence-electron chi connectivity index (χ4n) is 3.17. The van der Waals surface area contributed by atoms with Crippen molar-refractivity contribution in [2.45, 2.75) is 32.5 Å². The molecule has 164 valence electrons. The number of carbonyl (C=O) groups excluding carboxylic acids is 1. The van der Waals surface area contributed by atoms with Crippen molar-refractivity contribution in [1.29, 1.82) is 0 Å². The number of hydrogen-bond acceptors (Lipinski definition) is 4. The highest BCUT2D eigenvalue weighted by atomic mass is 127. The van der Waals surface area contributed by atoms with Gasteiger partial charge in [-0.2, -0.15) is 8.78 Å². The van der Waals surface area contributed by atoms with E-state index < -0.39 is 6.61 Å². The van der Waals surface area contributed by atoms with Crippen LogP contribution < -0.4 is 15.4 Å². The fourth-order valence-corrected chi connectivity index (χ4v) is 4.06. The van der Waals surface area contributed by atoms with Crippen LogP contribution in [0.15, 0.2) is 40.7 Å². The number of halogens is 3. The van der Waals surface area contributed by atoms with Gasteiger partial charge in [0.25, 0.3) is 0 Å². The van der Waals surface area contributed by atoms with E-state index in [0.717, 1.165) is 13.0 Å². The lowest BCUT2D eigenvalue weighted by atomic mass is 10.1. The predicted octanol–water partition coefficient (Wildman–Crippen LogP) is 3.61. The smallest absolute Gasteiger partial charge is 0.387 e. The third kappa shape index (κ3) is 6.79. The highest BCUT2D eigenvalue weighted by Gasteiger charge is 2.21. The van der Waals surface area contributed by atoms with Gasteiger partial charge < -0.3 is 20.3 Å². The second-order valence-corrected chi connectivity index (χ2v) is 7.52. The number of nitrogens with one attached hydrogen (secondary N) is 2. The van der Waals surface area contributed by atoms with Gasteiger partial charge in [0.05, 0.1) is 0 Å². The average molecular weight is 550 g/mol. The molecule has 0 atom stereocenters. The van der Waals surface area contributed by atoms with Gasteiger partial charge in [0.2, 0.25) is 5.91 Å². The van der Waals surface area contributed by atoms with E-state index in [1.165, 1.54) is 16.5 Å². The van der Waals surface area contributed by atoms with Crippen LogP contribution in [-0.2, 0) is 24.3 Å². The van der Waals surface area contributed by atoms with Gasteiger partial charge in [-0.25, -0.2) is 0 Å². The molecule has 10 heteroatoms. The second-order valence-electron chi connectivity index (χ2n) is 6.52. The number of guanidine groups is 1. The number of amides is 1. The maximum absolute atomic E-state index is 12.5. The molecular formula is C20H25F2IN4O2S. The van der Waals surface area contributed by atoms with Crippen LogP contribution in [0.4, 0.5) is 8.78 Å². The molecule has 0 bridgehead atoms. The summed E-state index contributed by atoms with van der Waals surface area (Å²) in [6.07, 6.45) is 1.26. The topological polar surface area (TPSA) is 66.0 Å². The summed E-state index contributed by atoms with van der Waals surface area (Å²) < 4.78 is 29.5. The number of para-hydroxylation sites is 1. The number of hydrogen-bond donors (Lipinski definition) is 2. The Morgan fingerprint density at radius 3 is 2.87 bits per heavy atom. The zero-order chi connectivity index (χ0) is 20.6. The van der Waals surface area contributed by atoms with Crippen molar-refractivity contribution in [2.75, 3.05) is 20.1 Å². The van der Waals surface area contributed by atoms with Gasteiger partial charge in [-0.15, -0.1) is 35.3 Å². The van der Waals surface area contributed by atoms with Gasteiger partial charge in [0.15, 0.2) is 5.96 Å². The average Bonchev–Trinajstić information content (AvgIpc) is 3.18. The van der Waals surface area contributed by atoms with E-state index in [-0.39, 0.29) is 42.2 Å². The highest BCUT2D eigenvalue weighted by molar-refractivity contribution is 14.0. The molecule has 2 N–H and O–H groups in total. The Morgan fingerprint density at radius 2 is 2.10 bits per heavy atom. The number of rotatable bonds is 7. The Hall–Kier alpha value is -1.95. The minimum Gasteiger partial charge on any atom is -0.434 e. The number of thiophene rings is 1. The van der Waals surface area contributed by atoms with E-state index in [0.29, 0.717) is 31.0 Å². The van der Waals surface area contributed by atoms with E-state index in [1.54, 1.807) is 36.6 Å². The summed E-state index contributed by atoms with van der Waals surface area (Å²) in [4.78, 5) is 19.8. The summed E-state index contributed by atoms with van der Waals surface area (Å²) >= 11 is 1.75. The van der Waals surface area contributed by atoms with Gasteiger partial charge in [-0.05, 0) is 29.5 Å². The predicted molar refractivity (Wildman–Crippen MR) is 125 cm³/mol. The van der Waals surface area contributed by atoms with Crippen molar-refractivity contribution in [3.63, 3.8) is 0 Å². The molecule has 2 aromatic rings. The van der Waals surface area contributed by atoms with Crippen LogP contribution in [-0.4, -0.2) is 43.5 Å². The van der Waals surface area contributed by atoms with Crippen molar-refractivity contribution >= 4 is 47.2 Å². The number of benzene rings is 1. The van der Waals surface area contributed by atoms with Crippen molar-refractivity contribution in [1.82, 2.24) is 15.5 Å². The summed E-state index contributed by atoms with van der Waals surface area (Å²) in [5.41, 5.74) is 1.83. The number of nitrogens with zero attached hydrogens (tertiary/aromatic N) is 2. The minimum atomic E-state index is -2.88. The monoisotopic (exact) mass is 550 g/mol. The van der Waals surface area contributed by atoms with Crippen LogP contribution in [0.1, 0.15) is 22.4 Å². The van der Waals surface area contributed by atoms with Gasteiger partial charge >= 0.3 is 6.61 Å². The molecule has 0 radical (unpaired) electrons. The molecule has 0 aliphatic carbocycles. The lowest BCUT2D eigenvalue weighted by molar-refractivity contribution is -0.131. The molecule has 0 saturated carbocycles. The fraction of sp³-hybridized carbons (Fsp3) is 0.400. The maximum atomic E-state index is 12.5. The normalized spacial score (nSPS) is 13.5. The van der Waals surface area contributed by atoms with Gasteiger partial charge in [0.1, 0.15) is 5.75 Å². The first-order chi connectivity index (χ1) is 14.1. The van der Waals surface area contributed by atoms with E-state index in [1.807, 2.05) is 4.90 Å². The van der Waals surface area contributed by atoms with Crippen LogP contribution in [0.25, 0.3) is 0 Å². The third-order valence-corrected chi connectivity index (χ3v) is 5.67. The molecule has 1 aromatic carbocycles. The number of carbonyl (C=O) groups is 1.